The molecule has 0 spiro atoms. The Morgan fingerprint density at radius 3 is 2.70 bits per heavy atom. The van der Waals surface area contributed by atoms with Gasteiger partial charge in [-0.2, -0.15) is 10.2 Å². The van der Waals surface area contributed by atoms with Crippen LogP contribution in [-0.2, 0) is 0 Å². The fourth-order valence-electron chi connectivity index (χ4n) is 0.557. The predicted octanol–water partition coefficient (Wildman–Crippen LogP) is 1.12. The van der Waals surface area contributed by atoms with Crippen LogP contribution in [0.3, 0.4) is 0 Å². The van der Waals surface area contributed by atoms with Gasteiger partial charge < -0.3 is 0 Å². The Morgan fingerprint density at radius 2 is 2.10 bits per heavy atom. The molecule has 0 aliphatic rings. The zero-order valence-electron chi connectivity index (χ0n) is 5.44. The average Bonchev–Trinajstić information content (AvgIpc) is 2.03. The third-order valence-electron chi connectivity index (χ3n) is 0.995. The van der Waals surface area contributed by atoms with Gasteiger partial charge in [-0.1, -0.05) is 0 Å². The predicted molar refractivity (Wildman–Crippen MR) is 41.4 cm³/mol. The molecule has 3 nitrogen and oxygen atoms in total. The molecule has 0 bridgehead atoms. The first kappa shape index (κ1) is 6.61. The number of aromatic nitrogens is 1. The molecule has 0 saturated carbocycles. The van der Waals surface area contributed by atoms with Crippen LogP contribution in [0.15, 0.2) is 34.7 Å². The van der Waals surface area contributed by atoms with Crippen molar-refractivity contribution in [2.45, 2.75) is 0 Å². The van der Waals surface area contributed by atoms with E-state index in [2.05, 4.69) is 21.9 Å². The van der Waals surface area contributed by atoms with Crippen molar-refractivity contribution in [3.8, 4) is 0 Å². The summed E-state index contributed by atoms with van der Waals surface area (Å²) in [6.07, 6.45) is 5.02. The number of rotatable bonds is 2. The minimum Gasteiger partial charge on any atom is -0.265 e. The van der Waals surface area contributed by atoms with Gasteiger partial charge in [-0.05, 0) is 17.7 Å². The molecule has 1 aromatic rings. The minimum atomic E-state index is 0.974. The molecular weight excluding hydrogens is 126 g/mol. The maximum atomic E-state index is 3.85. The van der Waals surface area contributed by atoms with Crippen molar-refractivity contribution >= 4 is 12.9 Å². The van der Waals surface area contributed by atoms with Gasteiger partial charge in [0.15, 0.2) is 0 Å². The van der Waals surface area contributed by atoms with Crippen molar-refractivity contribution in [1.82, 2.24) is 4.98 Å². The van der Waals surface area contributed by atoms with Crippen LogP contribution in [0.4, 0.5) is 0 Å². The van der Waals surface area contributed by atoms with E-state index in [0.717, 1.165) is 5.56 Å². The standard InChI is InChI=1S/C7H7N3/c1-8-10-6-7-2-4-9-5-3-7/h2-6H,1H2. The molecule has 0 N–H and O–H groups in total. The average molecular weight is 133 g/mol. The molecule has 0 radical (unpaired) electrons. The van der Waals surface area contributed by atoms with Crippen molar-refractivity contribution in [1.29, 1.82) is 0 Å². The van der Waals surface area contributed by atoms with E-state index >= 15 is 0 Å². The molecule has 10 heavy (non-hydrogen) atoms. The Kier molecular flexibility index (Phi) is 2.31. The Hall–Kier alpha value is -1.51. The molecule has 0 fully saturated rings. The number of hydrogen-bond donors (Lipinski definition) is 0. The highest BCUT2D eigenvalue weighted by molar-refractivity contribution is 5.79. The maximum Gasteiger partial charge on any atom is 0.0568 e. The van der Waals surface area contributed by atoms with Crippen molar-refractivity contribution < 1.29 is 0 Å². The molecule has 0 atom stereocenters. The van der Waals surface area contributed by atoms with E-state index in [0.29, 0.717) is 0 Å². The maximum absolute atomic E-state index is 3.85. The molecule has 1 aromatic heterocycles. The lowest BCUT2D eigenvalue weighted by atomic mass is 10.3. The summed E-state index contributed by atoms with van der Waals surface area (Å²) >= 11 is 0. The SMILES string of the molecule is C=NN=Cc1ccncc1. The lowest BCUT2D eigenvalue weighted by molar-refractivity contribution is 1.27. The summed E-state index contributed by atoms with van der Waals surface area (Å²) in [6.45, 7) is 3.21. The molecule has 0 saturated heterocycles. The molecule has 0 aromatic carbocycles. The van der Waals surface area contributed by atoms with Gasteiger partial charge in [-0.25, -0.2) is 0 Å². The third-order valence-corrected chi connectivity index (χ3v) is 0.995. The van der Waals surface area contributed by atoms with E-state index in [1.165, 1.54) is 0 Å². The molecule has 1 heterocycles. The first-order chi connectivity index (χ1) is 4.93. The summed E-state index contributed by atoms with van der Waals surface area (Å²) in [7, 11) is 0. The van der Waals surface area contributed by atoms with E-state index in [1.54, 1.807) is 18.6 Å². The van der Waals surface area contributed by atoms with Crippen molar-refractivity contribution in [2.75, 3.05) is 0 Å². The highest BCUT2D eigenvalue weighted by Crippen LogP contribution is 1.90. The van der Waals surface area contributed by atoms with Crippen LogP contribution < -0.4 is 0 Å². The third kappa shape index (κ3) is 1.78. The molecule has 0 aliphatic carbocycles. The Balaban J connectivity index is 2.76. The second-order valence-electron chi connectivity index (χ2n) is 1.67. The molecule has 0 amide bonds. The summed E-state index contributed by atoms with van der Waals surface area (Å²) in [5, 5.41) is 6.93. The Morgan fingerprint density at radius 1 is 1.40 bits per heavy atom. The second-order valence-corrected chi connectivity index (χ2v) is 1.67. The van der Waals surface area contributed by atoms with Crippen LogP contribution in [-0.4, -0.2) is 17.9 Å². The Labute approximate surface area is 59.1 Å². The summed E-state index contributed by atoms with van der Waals surface area (Å²) in [5.74, 6) is 0. The highest BCUT2D eigenvalue weighted by atomic mass is 15.2. The van der Waals surface area contributed by atoms with Gasteiger partial charge in [0.25, 0.3) is 0 Å². The smallest absolute Gasteiger partial charge is 0.0568 e. The zero-order valence-corrected chi connectivity index (χ0v) is 5.44. The summed E-state index contributed by atoms with van der Waals surface area (Å²) in [4.78, 5) is 3.85. The molecule has 0 aliphatic heterocycles. The first-order valence-corrected chi connectivity index (χ1v) is 2.82. The van der Waals surface area contributed by atoms with Crippen LogP contribution in [0, 0.1) is 0 Å². The van der Waals surface area contributed by atoms with Crippen molar-refractivity contribution in [3.63, 3.8) is 0 Å². The summed E-state index contributed by atoms with van der Waals surface area (Å²) < 4.78 is 0. The number of nitrogens with zero attached hydrogens (tertiary/aromatic N) is 3. The van der Waals surface area contributed by atoms with Gasteiger partial charge in [0.2, 0.25) is 0 Å². The number of hydrogen-bond acceptors (Lipinski definition) is 3. The lowest BCUT2D eigenvalue weighted by Crippen LogP contribution is -1.78. The van der Waals surface area contributed by atoms with Gasteiger partial charge in [0.1, 0.15) is 0 Å². The topological polar surface area (TPSA) is 37.6 Å². The molecular formula is C7H7N3. The fourth-order valence-corrected chi connectivity index (χ4v) is 0.557. The lowest BCUT2D eigenvalue weighted by Gasteiger charge is -1.85. The number of pyridine rings is 1. The van der Waals surface area contributed by atoms with E-state index in [1.807, 2.05) is 12.1 Å². The Bertz CT molecular complexity index is 228. The molecule has 0 unspecified atom stereocenters. The normalized spacial score (nSPS) is 10.0. The van der Waals surface area contributed by atoms with Gasteiger partial charge >= 0.3 is 0 Å². The van der Waals surface area contributed by atoms with Gasteiger partial charge in [0, 0.05) is 19.1 Å². The van der Waals surface area contributed by atoms with Gasteiger partial charge in [0.05, 0.1) is 6.21 Å². The first-order valence-electron chi connectivity index (χ1n) is 2.82. The van der Waals surface area contributed by atoms with Crippen LogP contribution >= 0.6 is 0 Å². The monoisotopic (exact) mass is 133 g/mol. The largest absolute Gasteiger partial charge is 0.265 e. The highest BCUT2D eigenvalue weighted by Gasteiger charge is 1.80. The van der Waals surface area contributed by atoms with E-state index in [9.17, 15) is 0 Å². The van der Waals surface area contributed by atoms with E-state index in [4.69, 9.17) is 0 Å². The van der Waals surface area contributed by atoms with Crippen LogP contribution in [0.1, 0.15) is 5.56 Å². The van der Waals surface area contributed by atoms with Crippen LogP contribution in [0.2, 0.25) is 0 Å². The van der Waals surface area contributed by atoms with Crippen LogP contribution in [0.25, 0.3) is 0 Å². The quantitative estimate of drug-likeness (QED) is 0.440. The molecule has 1 rings (SSSR count). The second kappa shape index (κ2) is 3.50. The zero-order chi connectivity index (χ0) is 7.23. The molecule has 3 heteroatoms. The van der Waals surface area contributed by atoms with Gasteiger partial charge in [-0.3, -0.25) is 4.98 Å². The molecule has 50 valence electrons. The summed E-state index contributed by atoms with van der Waals surface area (Å²) in [5.41, 5.74) is 0.974. The van der Waals surface area contributed by atoms with E-state index < -0.39 is 0 Å². The van der Waals surface area contributed by atoms with E-state index in [-0.39, 0.29) is 0 Å². The van der Waals surface area contributed by atoms with Gasteiger partial charge in [-0.15, -0.1) is 0 Å². The fraction of sp³-hybridized carbons (Fsp3) is 0. The van der Waals surface area contributed by atoms with Crippen molar-refractivity contribution in [3.05, 3.63) is 30.1 Å². The minimum absolute atomic E-state index is 0.974. The van der Waals surface area contributed by atoms with Crippen LogP contribution in [0.5, 0.6) is 0 Å². The summed E-state index contributed by atoms with van der Waals surface area (Å²) in [6, 6.07) is 3.68. The van der Waals surface area contributed by atoms with Crippen molar-refractivity contribution in [2.24, 2.45) is 10.2 Å².